The van der Waals surface area contributed by atoms with E-state index in [2.05, 4.69) is 6.92 Å². The molecule has 0 saturated carbocycles. The zero-order chi connectivity index (χ0) is 31.1. The van der Waals surface area contributed by atoms with E-state index in [1.807, 2.05) is 57.1 Å². The fraction of sp³-hybridized carbons (Fsp3) is 0.794. The van der Waals surface area contributed by atoms with Crippen molar-refractivity contribution in [2.24, 2.45) is 5.92 Å². The normalized spacial score (nSPS) is 14.5. The van der Waals surface area contributed by atoms with E-state index in [0.29, 0.717) is 32.2 Å². The largest absolute Gasteiger partial charge is 0.494 e. The lowest BCUT2D eigenvalue weighted by atomic mass is 9.94. The van der Waals surface area contributed by atoms with Crippen LogP contribution in [0.3, 0.4) is 0 Å². The molecule has 42 heavy (non-hydrogen) atoms. The van der Waals surface area contributed by atoms with Crippen LogP contribution in [-0.2, 0) is 24.8 Å². The molecule has 0 aliphatic heterocycles. The number of carbonyl (C=O) groups excluding carboxylic acids is 1. The third kappa shape index (κ3) is 20.6. The Morgan fingerprint density at radius 2 is 1.43 bits per heavy atom. The van der Waals surface area contributed by atoms with E-state index in [9.17, 15) is 14.3 Å². The van der Waals surface area contributed by atoms with Gasteiger partial charge in [0.1, 0.15) is 11.5 Å². The number of ether oxygens (including phenoxy) is 1. The van der Waals surface area contributed by atoms with Crippen LogP contribution in [0.5, 0.6) is 5.75 Å². The van der Waals surface area contributed by atoms with Crippen LogP contribution in [0.4, 0.5) is 0 Å². The smallest absolute Gasteiger partial charge is 0.472 e. The molecule has 7 nitrogen and oxygen atoms in total. The Morgan fingerprint density at radius 1 is 0.857 bits per heavy atom. The van der Waals surface area contributed by atoms with E-state index in [1.165, 1.54) is 70.6 Å². The van der Waals surface area contributed by atoms with E-state index in [-0.39, 0.29) is 18.3 Å². The van der Waals surface area contributed by atoms with E-state index in [4.69, 9.17) is 13.8 Å². The van der Waals surface area contributed by atoms with Crippen molar-refractivity contribution in [3.63, 3.8) is 0 Å². The van der Waals surface area contributed by atoms with Crippen LogP contribution in [0.2, 0.25) is 0 Å². The minimum Gasteiger partial charge on any atom is -0.494 e. The predicted molar refractivity (Wildman–Crippen MR) is 174 cm³/mol. The summed E-state index contributed by atoms with van der Waals surface area (Å²) in [6.07, 6.45) is 18.2. The molecule has 0 aromatic heterocycles. The lowest BCUT2D eigenvalue weighted by molar-refractivity contribution is -0.120. The molecule has 0 aliphatic carbocycles. The van der Waals surface area contributed by atoms with Crippen LogP contribution < -0.4 is 4.74 Å². The molecule has 0 aliphatic rings. The number of phosphoric ester groups is 1. The molecule has 3 unspecified atom stereocenters. The summed E-state index contributed by atoms with van der Waals surface area (Å²) in [6, 6.07) is 7.95. The number of likely N-dealkylation sites (N-methyl/N-ethyl adjacent to an activating group) is 1. The molecule has 0 saturated heterocycles. The zero-order valence-corrected chi connectivity index (χ0v) is 28.4. The summed E-state index contributed by atoms with van der Waals surface area (Å²) in [5.74, 6) is 0.771. The number of unbranched alkanes of at least 4 members (excludes halogenated alkanes) is 11. The van der Waals surface area contributed by atoms with Crippen LogP contribution >= 0.6 is 7.82 Å². The Kier molecular flexibility index (Phi) is 22.3. The van der Waals surface area contributed by atoms with Gasteiger partial charge in [0.25, 0.3) is 0 Å². The van der Waals surface area contributed by atoms with E-state index < -0.39 is 13.9 Å². The third-order valence-corrected chi connectivity index (χ3v) is 8.58. The van der Waals surface area contributed by atoms with E-state index in [1.54, 1.807) is 0 Å². The Morgan fingerprint density at radius 3 is 1.95 bits per heavy atom. The summed E-state index contributed by atoms with van der Waals surface area (Å²) in [4.78, 5) is 24.7. The van der Waals surface area contributed by atoms with Crippen LogP contribution in [0, 0.1) is 5.92 Å². The van der Waals surface area contributed by atoms with Gasteiger partial charge in [-0.1, -0.05) is 104 Å². The molecular weight excluding hydrogens is 549 g/mol. The van der Waals surface area contributed by atoms with Crippen molar-refractivity contribution in [1.29, 1.82) is 0 Å². The van der Waals surface area contributed by atoms with Gasteiger partial charge in [0, 0.05) is 19.4 Å². The fourth-order valence-electron chi connectivity index (χ4n) is 5.14. The lowest BCUT2D eigenvalue weighted by Crippen LogP contribution is -2.27. The standard InChI is InChI=1S/C34H62NO6P/c1-6-9-10-11-12-13-14-15-16-17-18-19-25-39-34-23-21-30(22-24-34)26-31(27-32(36)20-7-2)29-40-42(37,38)41-33(8-3)28-35(4)5/h21-24,31,33H,6-20,25-29H2,1-5H3,(H,37,38). The number of Topliss-reactive ketones (excluding diaryl/α,β-unsaturated/α-hetero) is 1. The third-order valence-electron chi connectivity index (χ3n) is 7.54. The van der Waals surface area contributed by atoms with Crippen molar-refractivity contribution in [3.8, 4) is 5.75 Å². The van der Waals surface area contributed by atoms with Crippen molar-refractivity contribution in [2.75, 3.05) is 33.9 Å². The quantitative estimate of drug-likeness (QED) is 0.0747. The first kappa shape index (κ1) is 38.8. The number of hydrogen-bond donors (Lipinski definition) is 1. The van der Waals surface area contributed by atoms with Crippen molar-refractivity contribution in [3.05, 3.63) is 29.8 Å². The maximum atomic E-state index is 12.6. The number of nitrogens with zero attached hydrogens (tertiary/aromatic N) is 1. The Bertz CT molecular complexity index is 847. The van der Waals surface area contributed by atoms with Gasteiger partial charge in [-0.15, -0.1) is 0 Å². The summed E-state index contributed by atoms with van der Waals surface area (Å²) in [6.45, 7) is 7.38. The molecule has 0 heterocycles. The second-order valence-corrected chi connectivity index (χ2v) is 13.5. The first-order chi connectivity index (χ1) is 20.2. The highest BCUT2D eigenvalue weighted by Crippen LogP contribution is 2.45. The maximum absolute atomic E-state index is 12.6. The number of benzene rings is 1. The van der Waals surface area contributed by atoms with Gasteiger partial charge in [-0.05, 0) is 63.4 Å². The van der Waals surface area contributed by atoms with Crippen LogP contribution in [0.15, 0.2) is 24.3 Å². The molecule has 8 heteroatoms. The number of carbonyl (C=O) groups is 1. The zero-order valence-electron chi connectivity index (χ0n) is 27.5. The summed E-state index contributed by atoms with van der Waals surface area (Å²) in [5.41, 5.74) is 1.04. The minimum atomic E-state index is -4.24. The molecule has 3 atom stereocenters. The highest BCUT2D eigenvalue weighted by molar-refractivity contribution is 7.47. The average Bonchev–Trinajstić information content (AvgIpc) is 2.94. The maximum Gasteiger partial charge on any atom is 0.472 e. The molecule has 1 aromatic carbocycles. The topological polar surface area (TPSA) is 85.3 Å². The monoisotopic (exact) mass is 611 g/mol. The SMILES string of the molecule is CCCCCCCCCCCCCCOc1ccc(CC(COP(=O)(O)OC(CC)CN(C)C)CC(=O)CCC)cc1. The van der Waals surface area contributed by atoms with Gasteiger partial charge >= 0.3 is 7.82 Å². The van der Waals surface area contributed by atoms with E-state index >= 15 is 0 Å². The van der Waals surface area contributed by atoms with E-state index in [0.717, 1.165) is 30.8 Å². The van der Waals surface area contributed by atoms with Gasteiger partial charge in [-0.3, -0.25) is 13.8 Å². The van der Waals surface area contributed by atoms with Crippen LogP contribution in [-0.4, -0.2) is 55.5 Å². The molecule has 1 aromatic rings. The van der Waals surface area contributed by atoms with Gasteiger partial charge in [0.2, 0.25) is 0 Å². The molecule has 1 rings (SSSR count). The second kappa shape index (κ2) is 24.1. The van der Waals surface area contributed by atoms with Gasteiger partial charge in [0.15, 0.2) is 0 Å². The molecule has 244 valence electrons. The molecule has 0 spiro atoms. The van der Waals surface area contributed by atoms with Crippen molar-refractivity contribution in [1.82, 2.24) is 4.90 Å². The highest BCUT2D eigenvalue weighted by atomic mass is 31.2. The summed E-state index contributed by atoms with van der Waals surface area (Å²) in [5, 5.41) is 0. The average molecular weight is 612 g/mol. The van der Waals surface area contributed by atoms with Crippen molar-refractivity contribution >= 4 is 13.6 Å². The van der Waals surface area contributed by atoms with Crippen LogP contribution in [0.1, 0.15) is 129 Å². The molecule has 1 N–H and O–H groups in total. The summed E-state index contributed by atoms with van der Waals surface area (Å²) < 4.78 is 29.4. The van der Waals surface area contributed by atoms with Crippen molar-refractivity contribution < 1.29 is 28.0 Å². The Balaban J connectivity index is 2.42. The predicted octanol–water partition coefficient (Wildman–Crippen LogP) is 9.16. The highest BCUT2D eigenvalue weighted by Gasteiger charge is 2.28. The molecule has 0 radical (unpaired) electrons. The summed E-state index contributed by atoms with van der Waals surface area (Å²) in [7, 11) is -0.460. The fourth-order valence-corrected chi connectivity index (χ4v) is 6.20. The summed E-state index contributed by atoms with van der Waals surface area (Å²) >= 11 is 0. The number of hydrogen-bond acceptors (Lipinski definition) is 6. The van der Waals surface area contributed by atoms with Crippen molar-refractivity contribution in [2.45, 2.75) is 136 Å². The molecule has 0 amide bonds. The minimum absolute atomic E-state index is 0.0150. The molecule has 0 bridgehead atoms. The van der Waals surface area contributed by atoms with Gasteiger partial charge < -0.3 is 14.5 Å². The first-order valence-corrected chi connectivity index (χ1v) is 18.2. The molecular formula is C34H62NO6P. The Hall–Kier alpha value is -1.24. The first-order valence-electron chi connectivity index (χ1n) is 16.7. The number of rotatable bonds is 28. The van der Waals surface area contributed by atoms with Crippen LogP contribution in [0.25, 0.3) is 0 Å². The van der Waals surface area contributed by atoms with Gasteiger partial charge in [0.05, 0.1) is 19.3 Å². The molecule has 0 fully saturated rings. The lowest BCUT2D eigenvalue weighted by Gasteiger charge is -2.24. The van der Waals surface area contributed by atoms with Gasteiger partial charge in [-0.25, -0.2) is 4.57 Å². The second-order valence-electron chi connectivity index (χ2n) is 12.1. The van der Waals surface area contributed by atoms with Gasteiger partial charge in [-0.2, -0.15) is 0 Å². The number of phosphoric acid groups is 1. The number of ketones is 1. The Labute approximate surface area is 257 Å².